The van der Waals surface area contributed by atoms with Gasteiger partial charge >= 0.3 is 0 Å². The molecule has 0 aromatic heterocycles. The van der Waals surface area contributed by atoms with E-state index in [2.05, 4.69) is 32.7 Å². The van der Waals surface area contributed by atoms with Gasteiger partial charge in [0.15, 0.2) is 0 Å². The molecule has 1 saturated heterocycles. The summed E-state index contributed by atoms with van der Waals surface area (Å²) in [6.45, 7) is 8.31. The van der Waals surface area contributed by atoms with Crippen LogP contribution in [0.15, 0.2) is 0 Å². The summed E-state index contributed by atoms with van der Waals surface area (Å²) in [6.07, 6.45) is 1.31. The van der Waals surface area contributed by atoms with Crippen molar-refractivity contribution in [3.05, 3.63) is 0 Å². The van der Waals surface area contributed by atoms with Gasteiger partial charge in [0.2, 0.25) is 0 Å². The third kappa shape index (κ3) is 1.20. The molecule has 1 aliphatic heterocycles. The first-order valence-corrected chi connectivity index (χ1v) is 4.37. The number of rotatable bonds is 1. The SMILES string of the molecule is CCC1C(C)C(C)CN1C. The van der Waals surface area contributed by atoms with Gasteiger partial charge in [-0.25, -0.2) is 0 Å². The highest BCUT2D eigenvalue weighted by atomic mass is 15.2. The summed E-state index contributed by atoms with van der Waals surface area (Å²) in [5.41, 5.74) is 0. The molecule has 0 aliphatic carbocycles. The second-order valence-corrected chi connectivity index (χ2v) is 3.75. The maximum Gasteiger partial charge on any atom is 0.0118 e. The van der Waals surface area contributed by atoms with Gasteiger partial charge in [-0.2, -0.15) is 0 Å². The summed E-state index contributed by atoms with van der Waals surface area (Å²) in [7, 11) is 2.24. The van der Waals surface area contributed by atoms with Crippen molar-refractivity contribution in [3.8, 4) is 0 Å². The van der Waals surface area contributed by atoms with Crippen LogP contribution in [0.25, 0.3) is 0 Å². The molecule has 0 radical (unpaired) electrons. The van der Waals surface area contributed by atoms with Crippen molar-refractivity contribution in [3.63, 3.8) is 0 Å². The van der Waals surface area contributed by atoms with Crippen molar-refractivity contribution < 1.29 is 0 Å². The van der Waals surface area contributed by atoms with E-state index in [4.69, 9.17) is 0 Å². The molecular weight excluding hydrogens is 122 g/mol. The third-order valence-corrected chi connectivity index (χ3v) is 3.06. The zero-order valence-electron chi connectivity index (χ0n) is 7.59. The molecule has 3 atom stereocenters. The fraction of sp³-hybridized carbons (Fsp3) is 1.00. The first kappa shape index (κ1) is 8.06. The Morgan fingerprint density at radius 3 is 2.20 bits per heavy atom. The zero-order chi connectivity index (χ0) is 7.72. The quantitative estimate of drug-likeness (QED) is 0.539. The lowest BCUT2D eigenvalue weighted by Crippen LogP contribution is -2.27. The summed E-state index contributed by atoms with van der Waals surface area (Å²) in [6, 6.07) is 0.843. The van der Waals surface area contributed by atoms with E-state index >= 15 is 0 Å². The van der Waals surface area contributed by atoms with Crippen molar-refractivity contribution in [2.45, 2.75) is 33.2 Å². The highest BCUT2D eigenvalue weighted by Gasteiger charge is 2.32. The molecule has 0 N–H and O–H groups in total. The monoisotopic (exact) mass is 141 g/mol. The van der Waals surface area contributed by atoms with Crippen LogP contribution in [-0.2, 0) is 0 Å². The molecule has 0 bridgehead atoms. The first-order valence-electron chi connectivity index (χ1n) is 4.37. The Bertz CT molecular complexity index is 111. The van der Waals surface area contributed by atoms with Crippen LogP contribution in [0, 0.1) is 11.8 Å². The molecule has 0 aromatic carbocycles. The second kappa shape index (κ2) is 2.91. The van der Waals surface area contributed by atoms with Crippen LogP contribution in [0.2, 0.25) is 0 Å². The molecule has 3 unspecified atom stereocenters. The molecule has 1 heteroatoms. The van der Waals surface area contributed by atoms with E-state index in [1.165, 1.54) is 13.0 Å². The van der Waals surface area contributed by atoms with Crippen LogP contribution in [-0.4, -0.2) is 24.5 Å². The molecular formula is C9H19N. The van der Waals surface area contributed by atoms with Gasteiger partial charge in [-0.15, -0.1) is 0 Å². The van der Waals surface area contributed by atoms with E-state index in [0.717, 1.165) is 17.9 Å². The van der Waals surface area contributed by atoms with Crippen molar-refractivity contribution in [1.29, 1.82) is 0 Å². The van der Waals surface area contributed by atoms with E-state index < -0.39 is 0 Å². The normalized spacial score (nSPS) is 42.6. The lowest BCUT2D eigenvalue weighted by molar-refractivity contribution is 0.272. The highest BCUT2D eigenvalue weighted by Crippen LogP contribution is 2.29. The predicted octanol–water partition coefficient (Wildman–Crippen LogP) is 1.98. The number of nitrogens with zero attached hydrogens (tertiary/aromatic N) is 1. The zero-order valence-corrected chi connectivity index (χ0v) is 7.59. The van der Waals surface area contributed by atoms with Gasteiger partial charge in [-0.3, -0.25) is 0 Å². The number of hydrogen-bond donors (Lipinski definition) is 0. The van der Waals surface area contributed by atoms with E-state index in [9.17, 15) is 0 Å². The van der Waals surface area contributed by atoms with Gasteiger partial charge in [0, 0.05) is 12.6 Å². The Labute approximate surface area is 64.4 Å². The minimum Gasteiger partial charge on any atom is -0.303 e. The first-order chi connectivity index (χ1) is 4.66. The summed E-state index contributed by atoms with van der Waals surface area (Å²) < 4.78 is 0. The topological polar surface area (TPSA) is 3.24 Å². The standard InChI is InChI=1S/C9H19N/c1-5-9-8(3)7(2)6-10(9)4/h7-9H,5-6H2,1-4H3. The van der Waals surface area contributed by atoms with Gasteiger partial charge in [0.1, 0.15) is 0 Å². The van der Waals surface area contributed by atoms with Gasteiger partial charge < -0.3 is 4.90 Å². The molecule has 1 nitrogen and oxygen atoms in total. The van der Waals surface area contributed by atoms with Crippen molar-refractivity contribution in [2.24, 2.45) is 11.8 Å². The third-order valence-electron chi connectivity index (χ3n) is 3.06. The molecule has 0 amide bonds. The van der Waals surface area contributed by atoms with E-state index in [0.29, 0.717) is 0 Å². The summed E-state index contributed by atoms with van der Waals surface area (Å²) in [5.74, 6) is 1.80. The molecule has 0 saturated carbocycles. The largest absolute Gasteiger partial charge is 0.303 e. The van der Waals surface area contributed by atoms with Crippen LogP contribution in [0.4, 0.5) is 0 Å². The molecule has 1 rings (SSSR count). The fourth-order valence-corrected chi connectivity index (χ4v) is 2.22. The van der Waals surface area contributed by atoms with Crippen LogP contribution in [0.3, 0.4) is 0 Å². The molecule has 1 fully saturated rings. The average Bonchev–Trinajstić information content (AvgIpc) is 2.09. The second-order valence-electron chi connectivity index (χ2n) is 3.75. The van der Waals surface area contributed by atoms with Crippen molar-refractivity contribution >= 4 is 0 Å². The maximum atomic E-state index is 2.50. The minimum atomic E-state index is 0.843. The lowest BCUT2D eigenvalue weighted by Gasteiger charge is -2.20. The smallest absolute Gasteiger partial charge is 0.0118 e. The molecule has 0 aromatic rings. The van der Waals surface area contributed by atoms with Gasteiger partial charge in [0.05, 0.1) is 0 Å². The maximum absolute atomic E-state index is 2.50. The van der Waals surface area contributed by atoms with Crippen LogP contribution in [0.1, 0.15) is 27.2 Å². The van der Waals surface area contributed by atoms with Crippen LogP contribution in [0.5, 0.6) is 0 Å². The van der Waals surface area contributed by atoms with E-state index in [-0.39, 0.29) is 0 Å². The lowest BCUT2D eigenvalue weighted by atomic mass is 9.93. The van der Waals surface area contributed by atoms with E-state index in [1.807, 2.05) is 0 Å². The number of hydrogen-bond acceptors (Lipinski definition) is 1. The highest BCUT2D eigenvalue weighted by molar-refractivity contribution is 4.85. The van der Waals surface area contributed by atoms with Crippen LogP contribution < -0.4 is 0 Å². The Morgan fingerprint density at radius 1 is 1.40 bits per heavy atom. The summed E-state index contributed by atoms with van der Waals surface area (Å²) in [4.78, 5) is 2.50. The molecule has 1 aliphatic rings. The van der Waals surface area contributed by atoms with Gasteiger partial charge in [-0.05, 0) is 25.3 Å². The van der Waals surface area contributed by atoms with E-state index in [1.54, 1.807) is 0 Å². The summed E-state index contributed by atoms with van der Waals surface area (Å²) >= 11 is 0. The Hall–Kier alpha value is -0.0400. The predicted molar refractivity (Wildman–Crippen MR) is 45.0 cm³/mol. The number of likely N-dealkylation sites (tertiary alicyclic amines) is 1. The Kier molecular flexibility index (Phi) is 2.35. The average molecular weight is 141 g/mol. The fourth-order valence-electron chi connectivity index (χ4n) is 2.22. The minimum absolute atomic E-state index is 0.843. The molecule has 1 heterocycles. The molecule has 0 spiro atoms. The van der Waals surface area contributed by atoms with Crippen LogP contribution >= 0.6 is 0 Å². The van der Waals surface area contributed by atoms with Crippen molar-refractivity contribution in [1.82, 2.24) is 4.90 Å². The van der Waals surface area contributed by atoms with Gasteiger partial charge in [0.25, 0.3) is 0 Å². The van der Waals surface area contributed by atoms with Gasteiger partial charge in [-0.1, -0.05) is 20.8 Å². The molecule has 60 valence electrons. The molecule has 10 heavy (non-hydrogen) atoms. The summed E-state index contributed by atoms with van der Waals surface area (Å²) in [5, 5.41) is 0. The Balaban J connectivity index is 2.55. The Morgan fingerprint density at radius 2 is 2.00 bits per heavy atom. The van der Waals surface area contributed by atoms with Crippen molar-refractivity contribution in [2.75, 3.05) is 13.6 Å².